The maximum absolute atomic E-state index is 11.3. The van der Waals surface area contributed by atoms with Crippen molar-refractivity contribution in [2.75, 3.05) is 6.54 Å². The van der Waals surface area contributed by atoms with Gasteiger partial charge in [-0.1, -0.05) is 12.8 Å². The first-order valence-electron chi connectivity index (χ1n) is 4.61. The van der Waals surface area contributed by atoms with Crippen molar-refractivity contribution in [3.8, 4) is 0 Å². The van der Waals surface area contributed by atoms with E-state index in [1.165, 1.54) is 0 Å². The van der Waals surface area contributed by atoms with Crippen molar-refractivity contribution in [1.82, 2.24) is 4.90 Å². The second-order valence-corrected chi connectivity index (χ2v) is 3.60. The summed E-state index contributed by atoms with van der Waals surface area (Å²) >= 11 is 0. The molecule has 0 bridgehead atoms. The molecule has 0 aliphatic carbocycles. The van der Waals surface area contributed by atoms with E-state index in [1.54, 1.807) is 4.90 Å². The molecule has 0 aromatic heterocycles. The predicted octanol–water partition coefficient (Wildman–Crippen LogP) is 0.730. The van der Waals surface area contributed by atoms with Gasteiger partial charge in [0.2, 0.25) is 5.91 Å². The lowest BCUT2D eigenvalue weighted by molar-refractivity contribution is -0.128. The summed E-state index contributed by atoms with van der Waals surface area (Å²) in [5.74, 6) is 0.189. The number of Topliss-reactive ketones (excluding diaryl/α,β-unsaturated/α-hetero) is 1. The van der Waals surface area contributed by atoms with E-state index in [1.807, 2.05) is 0 Å². The Kier molecular flexibility index (Phi) is 1.87. The fourth-order valence-corrected chi connectivity index (χ4v) is 2.11. The van der Waals surface area contributed by atoms with E-state index < -0.39 is 0 Å². The van der Waals surface area contributed by atoms with Crippen LogP contribution in [0.1, 0.15) is 32.1 Å². The molecule has 2 fully saturated rings. The molecule has 0 aromatic rings. The normalized spacial score (nSPS) is 30.3. The number of carbonyl (C=O) groups is 2. The molecule has 1 atom stereocenters. The van der Waals surface area contributed by atoms with Crippen LogP contribution in [0.15, 0.2) is 0 Å². The summed E-state index contributed by atoms with van der Waals surface area (Å²) in [6.45, 7) is 0.801. The number of rotatable bonds is 0. The molecule has 2 aliphatic heterocycles. The first-order valence-corrected chi connectivity index (χ1v) is 4.61. The van der Waals surface area contributed by atoms with Crippen LogP contribution in [0.2, 0.25) is 0 Å². The number of hydrogen-bond donors (Lipinski definition) is 0. The lowest BCUT2D eigenvalue weighted by Gasteiger charge is -2.19. The van der Waals surface area contributed by atoms with E-state index in [9.17, 15) is 9.59 Å². The van der Waals surface area contributed by atoms with Gasteiger partial charge in [-0.2, -0.15) is 0 Å². The number of hydrogen-bond acceptors (Lipinski definition) is 2. The highest BCUT2D eigenvalue weighted by molar-refractivity contribution is 6.07. The van der Waals surface area contributed by atoms with Gasteiger partial charge in [0, 0.05) is 6.54 Å². The van der Waals surface area contributed by atoms with E-state index in [-0.39, 0.29) is 24.2 Å². The molecule has 12 heavy (non-hydrogen) atoms. The number of nitrogens with zero attached hydrogens (tertiary/aromatic N) is 1. The monoisotopic (exact) mass is 167 g/mol. The molecule has 0 spiro atoms. The van der Waals surface area contributed by atoms with Crippen molar-refractivity contribution >= 4 is 11.7 Å². The summed E-state index contributed by atoms with van der Waals surface area (Å²) in [4.78, 5) is 24.4. The summed E-state index contributed by atoms with van der Waals surface area (Å²) in [7, 11) is 0. The fraction of sp³-hybridized carbons (Fsp3) is 0.778. The van der Waals surface area contributed by atoms with Gasteiger partial charge in [-0.3, -0.25) is 9.59 Å². The largest absolute Gasteiger partial charge is 0.332 e. The zero-order valence-electron chi connectivity index (χ0n) is 7.08. The Morgan fingerprint density at radius 1 is 1.17 bits per heavy atom. The van der Waals surface area contributed by atoms with Crippen LogP contribution in [0, 0.1) is 0 Å². The topological polar surface area (TPSA) is 37.4 Å². The number of amides is 1. The van der Waals surface area contributed by atoms with Crippen molar-refractivity contribution < 1.29 is 9.59 Å². The second kappa shape index (κ2) is 2.88. The molecule has 3 nitrogen and oxygen atoms in total. The Morgan fingerprint density at radius 2 is 2.00 bits per heavy atom. The standard InChI is InChI=1S/C9H13NO2/c11-8-6-9(12)10-5-3-1-2-4-7(8)10/h7H,1-6H2. The molecule has 2 saturated heterocycles. The molecule has 0 aromatic carbocycles. The minimum Gasteiger partial charge on any atom is -0.332 e. The van der Waals surface area contributed by atoms with Gasteiger partial charge < -0.3 is 4.90 Å². The predicted molar refractivity (Wildman–Crippen MR) is 43.6 cm³/mol. The molecule has 2 rings (SSSR count). The Morgan fingerprint density at radius 3 is 2.83 bits per heavy atom. The molecule has 0 N–H and O–H groups in total. The molecular weight excluding hydrogens is 154 g/mol. The molecule has 0 radical (unpaired) electrons. The molecule has 0 saturated carbocycles. The number of fused-ring (bicyclic) bond motifs is 1. The maximum Gasteiger partial charge on any atom is 0.230 e. The molecule has 2 aliphatic rings. The SMILES string of the molecule is O=C1CC(=O)N2CCCCCC12. The highest BCUT2D eigenvalue weighted by atomic mass is 16.2. The van der Waals surface area contributed by atoms with Gasteiger partial charge in [0.1, 0.15) is 0 Å². The van der Waals surface area contributed by atoms with E-state index in [0.717, 1.165) is 32.2 Å². The molecule has 3 heteroatoms. The van der Waals surface area contributed by atoms with Gasteiger partial charge in [-0.05, 0) is 12.8 Å². The van der Waals surface area contributed by atoms with Gasteiger partial charge in [0.15, 0.2) is 5.78 Å². The molecule has 66 valence electrons. The zero-order chi connectivity index (χ0) is 8.55. The average Bonchev–Trinajstić information content (AvgIpc) is 2.29. The van der Waals surface area contributed by atoms with Crippen LogP contribution in [0.5, 0.6) is 0 Å². The fourth-order valence-electron chi connectivity index (χ4n) is 2.11. The van der Waals surface area contributed by atoms with Gasteiger partial charge >= 0.3 is 0 Å². The van der Waals surface area contributed by atoms with E-state index in [4.69, 9.17) is 0 Å². The van der Waals surface area contributed by atoms with Gasteiger partial charge in [-0.15, -0.1) is 0 Å². The Hall–Kier alpha value is -0.860. The maximum atomic E-state index is 11.3. The van der Waals surface area contributed by atoms with Crippen molar-refractivity contribution in [1.29, 1.82) is 0 Å². The quantitative estimate of drug-likeness (QED) is 0.499. The first-order chi connectivity index (χ1) is 5.79. The number of ketones is 1. The van der Waals surface area contributed by atoms with Crippen molar-refractivity contribution in [3.63, 3.8) is 0 Å². The molecule has 1 amide bonds. The molecule has 2 heterocycles. The van der Waals surface area contributed by atoms with Crippen LogP contribution in [-0.4, -0.2) is 29.2 Å². The van der Waals surface area contributed by atoms with Gasteiger partial charge in [-0.25, -0.2) is 0 Å². The first kappa shape index (κ1) is 7.77. The second-order valence-electron chi connectivity index (χ2n) is 3.60. The Labute approximate surface area is 71.7 Å². The summed E-state index contributed by atoms with van der Waals surface area (Å²) in [6, 6.07) is -0.0556. The van der Waals surface area contributed by atoms with Crippen LogP contribution in [0.4, 0.5) is 0 Å². The van der Waals surface area contributed by atoms with Crippen LogP contribution >= 0.6 is 0 Å². The third kappa shape index (κ3) is 1.13. The van der Waals surface area contributed by atoms with Gasteiger partial charge in [0.25, 0.3) is 0 Å². The van der Waals surface area contributed by atoms with Crippen molar-refractivity contribution in [3.05, 3.63) is 0 Å². The van der Waals surface area contributed by atoms with E-state index in [2.05, 4.69) is 0 Å². The van der Waals surface area contributed by atoms with E-state index >= 15 is 0 Å². The van der Waals surface area contributed by atoms with Gasteiger partial charge in [0.05, 0.1) is 12.5 Å². The van der Waals surface area contributed by atoms with Crippen LogP contribution in [-0.2, 0) is 9.59 Å². The highest BCUT2D eigenvalue weighted by Gasteiger charge is 2.38. The Balaban J connectivity index is 2.17. The van der Waals surface area contributed by atoms with Crippen LogP contribution in [0.3, 0.4) is 0 Å². The average molecular weight is 167 g/mol. The molecule has 1 unspecified atom stereocenters. The summed E-state index contributed by atoms with van der Waals surface area (Å²) in [5, 5.41) is 0. The highest BCUT2D eigenvalue weighted by Crippen LogP contribution is 2.24. The van der Waals surface area contributed by atoms with E-state index in [0.29, 0.717) is 0 Å². The summed E-state index contributed by atoms with van der Waals surface area (Å²) in [5.41, 5.74) is 0. The third-order valence-corrected chi connectivity index (χ3v) is 2.77. The summed E-state index contributed by atoms with van der Waals surface area (Å²) < 4.78 is 0. The van der Waals surface area contributed by atoms with Crippen LogP contribution in [0.25, 0.3) is 0 Å². The summed E-state index contributed by atoms with van der Waals surface area (Å²) in [6.07, 6.45) is 4.37. The smallest absolute Gasteiger partial charge is 0.230 e. The lowest BCUT2D eigenvalue weighted by Crippen LogP contribution is -2.34. The lowest BCUT2D eigenvalue weighted by atomic mass is 10.1. The van der Waals surface area contributed by atoms with Crippen molar-refractivity contribution in [2.45, 2.75) is 38.1 Å². The number of carbonyl (C=O) groups excluding carboxylic acids is 2. The minimum atomic E-state index is -0.0556. The Bertz CT molecular complexity index is 203. The van der Waals surface area contributed by atoms with Crippen LogP contribution < -0.4 is 0 Å². The molecular formula is C9H13NO2. The minimum absolute atomic E-state index is 0.0481. The third-order valence-electron chi connectivity index (χ3n) is 2.77. The van der Waals surface area contributed by atoms with Crippen molar-refractivity contribution in [2.24, 2.45) is 0 Å². The zero-order valence-corrected chi connectivity index (χ0v) is 7.08.